The van der Waals surface area contributed by atoms with E-state index >= 15 is 0 Å². The standard InChI is InChI=1S/C19H25NS/c1-6-15-8-7-9-17(13-15)21-20-16-10-11-18(14(2)12-16)19(3,4)5/h7-13,20H,6H2,1-5H3. The van der Waals surface area contributed by atoms with Gasteiger partial charge in [-0.1, -0.05) is 45.9 Å². The van der Waals surface area contributed by atoms with Crippen molar-refractivity contribution in [1.82, 2.24) is 0 Å². The molecule has 0 radical (unpaired) electrons. The average molecular weight is 299 g/mol. The first-order valence-electron chi connectivity index (χ1n) is 7.53. The van der Waals surface area contributed by atoms with Gasteiger partial charge in [0.25, 0.3) is 0 Å². The van der Waals surface area contributed by atoms with Crippen molar-refractivity contribution in [2.45, 2.75) is 51.3 Å². The van der Waals surface area contributed by atoms with Crippen LogP contribution < -0.4 is 4.72 Å². The second-order valence-corrected chi connectivity index (χ2v) is 7.36. The van der Waals surface area contributed by atoms with E-state index in [1.165, 1.54) is 21.6 Å². The molecule has 0 unspecified atom stereocenters. The molecule has 0 atom stereocenters. The summed E-state index contributed by atoms with van der Waals surface area (Å²) in [5.74, 6) is 0. The molecule has 2 heteroatoms. The van der Waals surface area contributed by atoms with E-state index in [4.69, 9.17) is 0 Å². The number of benzene rings is 2. The summed E-state index contributed by atoms with van der Waals surface area (Å²) in [6.07, 6.45) is 1.08. The third kappa shape index (κ3) is 4.28. The van der Waals surface area contributed by atoms with Crippen molar-refractivity contribution in [3.8, 4) is 0 Å². The van der Waals surface area contributed by atoms with Gasteiger partial charge < -0.3 is 4.72 Å². The van der Waals surface area contributed by atoms with Gasteiger partial charge in [0.2, 0.25) is 0 Å². The Hall–Kier alpha value is -1.41. The van der Waals surface area contributed by atoms with Crippen molar-refractivity contribution < 1.29 is 0 Å². The van der Waals surface area contributed by atoms with Crippen molar-refractivity contribution in [3.05, 3.63) is 59.2 Å². The molecule has 0 heterocycles. The van der Waals surface area contributed by atoms with Crippen molar-refractivity contribution in [2.24, 2.45) is 0 Å². The third-order valence-corrected chi connectivity index (χ3v) is 4.46. The summed E-state index contributed by atoms with van der Waals surface area (Å²) in [5, 5.41) is 0. The molecule has 0 bridgehead atoms. The molecule has 0 saturated carbocycles. The van der Waals surface area contributed by atoms with E-state index in [0.29, 0.717) is 0 Å². The second kappa shape index (κ2) is 6.57. The predicted octanol–water partition coefficient (Wildman–Crippen LogP) is 5.97. The molecule has 2 rings (SSSR count). The molecule has 112 valence electrons. The van der Waals surface area contributed by atoms with Gasteiger partial charge in [0.1, 0.15) is 0 Å². The lowest BCUT2D eigenvalue weighted by atomic mass is 9.84. The summed E-state index contributed by atoms with van der Waals surface area (Å²) < 4.78 is 3.45. The molecule has 0 aliphatic rings. The first-order chi connectivity index (χ1) is 9.90. The van der Waals surface area contributed by atoms with Gasteiger partial charge in [-0.15, -0.1) is 0 Å². The molecule has 0 aliphatic carbocycles. The Labute approximate surface area is 133 Å². The van der Waals surface area contributed by atoms with Crippen LogP contribution in [-0.2, 0) is 11.8 Å². The molecule has 1 nitrogen and oxygen atoms in total. The van der Waals surface area contributed by atoms with E-state index in [0.717, 1.165) is 12.1 Å². The molecule has 1 N–H and O–H groups in total. The summed E-state index contributed by atoms with van der Waals surface area (Å²) in [6.45, 7) is 11.1. The Balaban J connectivity index is 2.08. The molecule has 21 heavy (non-hydrogen) atoms. The highest BCUT2D eigenvalue weighted by Gasteiger charge is 2.15. The minimum Gasteiger partial charge on any atom is -0.326 e. The quantitative estimate of drug-likeness (QED) is 0.697. The van der Waals surface area contributed by atoms with Crippen LogP contribution in [0.25, 0.3) is 0 Å². The van der Waals surface area contributed by atoms with Crippen molar-refractivity contribution >= 4 is 17.6 Å². The molecule has 2 aromatic carbocycles. The fourth-order valence-electron chi connectivity index (χ4n) is 2.52. The van der Waals surface area contributed by atoms with E-state index in [-0.39, 0.29) is 5.41 Å². The van der Waals surface area contributed by atoms with Crippen LogP contribution in [0.15, 0.2) is 47.4 Å². The van der Waals surface area contributed by atoms with Crippen molar-refractivity contribution in [1.29, 1.82) is 0 Å². The highest BCUT2D eigenvalue weighted by Crippen LogP contribution is 2.29. The summed E-state index contributed by atoms with van der Waals surface area (Å²) in [5.41, 5.74) is 5.49. The molecular formula is C19H25NS. The van der Waals surface area contributed by atoms with Gasteiger partial charge in [-0.05, 0) is 71.7 Å². The van der Waals surface area contributed by atoms with E-state index in [1.54, 1.807) is 11.9 Å². The Morgan fingerprint density at radius 1 is 1.05 bits per heavy atom. The van der Waals surface area contributed by atoms with Gasteiger partial charge >= 0.3 is 0 Å². The fourth-order valence-corrected chi connectivity index (χ4v) is 3.23. The van der Waals surface area contributed by atoms with E-state index in [1.807, 2.05) is 0 Å². The zero-order valence-corrected chi connectivity index (χ0v) is 14.5. The van der Waals surface area contributed by atoms with Gasteiger partial charge in [-0.2, -0.15) is 0 Å². The first-order valence-corrected chi connectivity index (χ1v) is 8.34. The smallest absolute Gasteiger partial charge is 0.0446 e. The van der Waals surface area contributed by atoms with Gasteiger partial charge in [-0.3, -0.25) is 0 Å². The largest absolute Gasteiger partial charge is 0.326 e. The molecule has 0 aromatic heterocycles. The number of anilines is 1. The van der Waals surface area contributed by atoms with Crippen LogP contribution >= 0.6 is 11.9 Å². The van der Waals surface area contributed by atoms with Crippen LogP contribution in [0, 0.1) is 6.92 Å². The summed E-state index contributed by atoms with van der Waals surface area (Å²) in [6, 6.07) is 15.3. The summed E-state index contributed by atoms with van der Waals surface area (Å²) in [7, 11) is 0. The minimum absolute atomic E-state index is 0.200. The Morgan fingerprint density at radius 2 is 1.81 bits per heavy atom. The normalized spacial score (nSPS) is 11.5. The number of rotatable bonds is 4. The van der Waals surface area contributed by atoms with Gasteiger partial charge in [0.05, 0.1) is 0 Å². The zero-order chi connectivity index (χ0) is 15.5. The molecular weight excluding hydrogens is 274 g/mol. The monoisotopic (exact) mass is 299 g/mol. The maximum absolute atomic E-state index is 3.45. The van der Waals surface area contributed by atoms with E-state index in [9.17, 15) is 0 Å². The van der Waals surface area contributed by atoms with Crippen LogP contribution in [-0.4, -0.2) is 0 Å². The highest BCUT2D eigenvalue weighted by molar-refractivity contribution is 8.00. The Bertz CT molecular complexity index is 611. The molecule has 0 amide bonds. The number of nitrogens with one attached hydrogen (secondary N) is 1. The molecule has 0 aliphatic heterocycles. The molecule has 2 aromatic rings. The van der Waals surface area contributed by atoms with Gasteiger partial charge in [0.15, 0.2) is 0 Å². The summed E-state index contributed by atoms with van der Waals surface area (Å²) in [4.78, 5) is 1.26. The second-order valence-electron chi connectivity index (χ2n) is 6.48. The minimum atomic E-state index is 0.200. The van der Waals surface area contributed by atoms with Crippen LogP contribution in [0.5, 0.6) is 0 Å². The molecule has 0 fully saturated rings. The zero-order valence-electron chi connectivity index (χ0n) is 13.7. The maximum Gasteiger partial charge on any atom is 0.0446 e. The number of aryl methyl sites for hydroxylation is 2. The topological polar surface area (TPSA) is 12.0 Å². The molecule has 0 spiro atoms. The Kier molecular flexibility index (Phi) is 5.00. The SMILES string of the molecule is CCc1cccc(SNc2ccc(C(C)(C)C)c(C)c2)c1. The maximum atomic E-state index is 3.45. The van der Waals surface area contributed by atoms with Gasteiger partial charge in [0, 0.05) is 10.6 Å². The Morgan fingerprint density at radius 3 is 2.43 bits per heavy atom. The number of hydrogen-bond acceptors (Lipinski definition) is 2. The average Bonchev–Trinajstić information content (AvgIpc) is 2.44. The lowest BCUT2D eigenvalue weighted by Gasteiger charge is -2.22. The third-order valence-electron chi connectivity index (χ3n) is 3.63. The molecule has 0 saturated heterocycles. The number of hydrogen-bond donors (Lipinski definition) is 1. The first kappa shape index (κ1) is 16.0. The van der Waals surface area contributed by atoms with Crippen LogP contribution in [0.4, 0.5) is 5.69 Å². The lowest BCUT2D eigenvalue weighted by molar-refractivity contribution is 0.586. The van der Waals surface area contributed by atoms with Crippen molar-refractivity contribution in [2.75, 3.05) is 4.72 Å². The van der Waals surface area contributed by atoms with E-state index < -0.39 is 0 Å². The van der Waals surface area contributed by atoms with E-state index in [2.05, 4.69) is 81.8 Å². The van der Waals surface area contributed by atoms with Crippen LogP contribution in [0.3, 0.4) is 0 Å². The van der Waals surface area contributed by atoms with Crippen LogP contribution in [0.2, 0.25) is 0 Å². The van der Waals surface area contributed by atoms with Crippen molar-refractivity contribution in [3.63, 3.8) is 0 Å². The lowest BCUT2D eigenvalue weighted by Crippen LogP contribution is -2.12. The predicted molar refractivity (Wildman–Crippen MR) is 95.2 cm³/mol. The highest BCUT2D eigenvalue weighted by atomic mass is 32.2. The van der Waals surface area contributed by atoms with Crippen LogP contribution in [0.1, 0.15) is 44.4 Å². The summed E-state index contributed by atoms with van der Waals surface area (Å²) >= 11 is 1.68. The van der Waals surface area contributed by atoms with Gasteiger partial charge in [-0.25, -0.2) is 0 Å². The fraction of sp³-hybridized carbons (Fsp3) is 0.368.